The number of hydrogen-bond acceptors (Lipinski definition) is 5. The van der Waals surface area contributed by atoms with E-state index in [9.17, 15) is 0 Å². The van der Waals surface area contributed by atoms with E-state index in [-0.39, 0.29) is 0 Å². The second-order valence-electron chi connectivity index (χ2n) is 5.20. The minimum absolute atomic E-state index is 0.293. The van der Waals surface area contributed by atoms with Gasteiger partial charge in [0.05, 0.1) is 0 Å². The maximum Gasteiger partial charge on any atom is 0.208 e. The topological polar surface area (TPSA) is 55.0 Å². The van der Waals surface area contributed by atoms with Gasteiger partial charge in [-0.05, 0) is 12.3 Å². The Balaban J connectivity index is 2.03. The SMILES string of the molecule is CCCC1CN(c2nnc(C(C)C)s2)CC1N. The molecule has 5 heteroatoms. The van der Waals surface area contributed by atoms with Crippen LogP contribution in [0.1, 0.15) is 44.5 Å². The predicted molar refractivity (Wildman–Crippen MR) is 72.6 cm³/mol. The molecule has 1 fully saturated rings. The molecule has 4 nitrogen and oxygen atoms in total. The lowest BCUT2D eigenvalue weighted by molar-refractivity contribution is 0.472. The first-order valence-corrected chi connectivity index (χ1v) is 7.27. The van der Waals surface area contributed by atoms with Crippen LogP contribution in [-0.2, 0) is 0 Å². The average Bonchev–Trinajstić information content (AvgIpc) is 2.86. The first kappa shape index (κ1) is 12.8. The Kier molecular flexibility index (Phi) is 3.99. The Morgan fingerprint density at radius 2 is 2.18 bits per heavy atom. The molecule has 1 aliphatic rings. The number of rotatable bonds is 4. The van der Waals surface area contributed by atoms with Crippen LogP contribution in [0.4, 0.5) is 5.13 Å². The molecule has 0 radical (unpaired) electrons. The van der Waals surface area contributed by atoms with Crippen LogP contribution in [0.5, 0.6) is 0 Å². The highest BCUT2D eigenvalue weighted by atomic mass is 32.1. The van der Waals surface area contributed by atoms with Crippen LogP contribution in [-0.4, -0.2) is 29.3 Å². The third kappa shape index (κ3) is 2.77. The smallest absolute Gasteiger partial charge is 0.208 e. The number of anilines is 1. The molecule has 17 heavy (non-hydrogen) atoms. The van der Waals surface area contributed by atoms with Crippen molar-refractivity contribution in [2.24, 2.45) is 11.7 Å². The van der Waals surface area contributed by atoms with Crippen molar-refractivity contribution in [3.8, 4) is 0 Å². The lowest BCUT2D eigenvalue weighted by Gasteiger charge is -2.13. The molecule has 2 heterocycles. The number of aromatic nitrogens is 2. The van der Waals surface area contributed by atoms with Crippen molar-refractivity contribution in [1.29, 1.82) is 0 Å². The molecule has 0 amide bonds. The van der Waals surface area contributed by atoms with Crippen LogP contribution in [0.15, 0.2) is 0 Å². The van der Waals surface area contributed by atoms with Gasteiger partial charge in [0.2, 0.25) is 5.13 Å². The number of nitrogens with two attached hydrogens (primary N) is 1. The molecule has 1 aromatic heterocycles. The quantitative estimate of drug-likeness (QED) is 0.895. The summed E-state index contributed by atoms with van der Waals surface area (Å²) in [7, 11) is 0. The summed E-state index contributed by atoms with van der Waals surface area (Å²) in [4.78, 5) is 2.30. The second-order valence-corrected chi connectivity index (χ2v) is 6.18. The molecule has 0 saturated carbocycles. The zero-order valence-electron chi connectivity index (χ0n) is 10.9. The molecule has 1 aliphatic heterocycles. The highest BCUT2D eigenvalue weighted by Gasteiger charge is 2.31. The van der Waals surface area contributed by atoms with Gasteiger partial charge in [0.15, 0.2) is 0 Å². The van der Waals surface area contributed by atoms with Crippen LogP contribution < -0.4 is 10.6 Å². The minimum atomic E-state index is 0.293. The van der Waals surface area contributed by atoms with E-state index in [0.29, 0.717) is 17.9 Å². The fourth-order valence-corrected chi connectivity index (χ4v) is 3.18. The maximum atomic E-state index is 6.17. The first-order valence-electron chi connectivity index (χ1n) is 6.45. The van der Waals surface area contributed by atoms with E-state index in [1.165, 1.54) is 12.8 Å². The third-order valence-electron chi connectivity index (χ3n) is 3.35. The van der Waals surface area contributed by atoms with Crippen molar-refractivity contribution >= 4 is 16.5 Å². The van der Waals surface area contributed by atoms with Gasteiger partial charge in [0.25, 0.3) is 0 Å². The van der Waals surface area contributed by atoms with Crippen molar-refractivity contribution in [3.63, 3.8) is 0 Å². The molecule has 2 N–H and O–H groups in total. The number of nitrogens with zero attached hydrogens (tertiary/aromatic N) is 3. The summed E-state index contributed by atoms with van der Waals surface area (Å²) in [6.07, 6.45) is 2.42. The molecule has 96 valence electrons. The lowest BCUT2D eigenvalue weighted by Crippen LogP contribution is -2.29. The van der Waals surface area contributed by atoms with Gasteiger partial charge in [-0.3, -0.25) is 0 Å². The largest absolute Gasteiger partial charge is 0.345 e. The maximum absolute atomic E-state index is 6.17. The van der Waals surface area contributed by atoms with Crippen molar-refractivity contribution in [1.82, 2.24) is 10.2 Å². The van der Waals surface area contributed by atoms with Gasteiger partial charge < -0.3 is 10.6 Å². The molecular weight excluding hydrogens is 232 g/mol. The van der Waals surface area contributed by atoms with Crippen LogP contribution >= 0.6 is 11.3 Å². The summed E-state index contributed by atoms with van der Waals surface area (Å²) >= 11 is 1.71. The van der Waals surface area contributed by atoms with E-state index >= 15 is 0 Å². The van der Waals surface area contributed by atoms with Crippen molar-refractivity contribution < 1.29 is 0 Å². The summed E-state index contributed by atoms with van der Waals surface area (Å²) in [6.45, 7) is 8.50. The molecule has 2 unspecified atom stereocenters. The zero-order chi connectivity index (χ0) is 12.4. The average molecular weight is 254 g/mol. The van der Waals surface area contributed by atoms with E-state index in [1.54, 1.807) is 11.3 Å². The summed E-state index contributed by atoms with van der Waals surface area (Å²) in [6, 6.07) is 0.293. The van der Waals surface area contributed by atoms with Gasteiger partial charge in [0, 0.05) is 25.0 Å². The van der Waals surface area contributed by atoms with Gasteiger partial charge in [-0.1, -0.05) is 38.5 Å². The summed E-state index contributed by atoms with van der Waals surface area (Å²) < 4.78 is 0. The summed E-state index contributed by atoms with van der Waals surface area (Å²) in [5, 5.41) is 10.7. The first-order chi connectivity index (χ1) is 8.11. The summed E-state index contributed by atoms with van der Waals surface area (Å²) in [5.41, 5.74) is 6.17. The van der Waals surface area contributed by atoms with E-state index in [4.69, 9.17) is 5.73 Å². The van der Waals surface area contributed by atoms with Crippen LogP contribution in [0.3, 0.4) is 0 Å². The van der Waals surface area contributed by atoms with Crippen molar-refractivity contribution in [2.75, 3.05) is 18.0 Å². The Bertz CT molecular complexity index is 363. The molecular formula is C12H22N4S. The fourth-order valence-electron chi connectivity index (χ4n) is 2.32. The highest BCUT2D eigenvalue weighted by molar-refractivity contribution is 7.15. The molecule has 0 aliphatic carbocycles. The summed E-state index contributed by atoms with van der Waals surface area (Å²) in [5.74, 6) is 1.08. The minimum Gasteiger partial charge on any atom is -0.345 e. The third-order valence-corrected chi connectivity index (χ3v) is 4.63. The standard InChI is InChI=1S/C12H22N4S/c1-4-5-9-6-16(7-10(9)13)12-15-14-11(17-12)8(2)3/h8-10H,4-7,13H2,1-3H3. The monoisotopic (exact) mass is 254 g/mol. The second kappa shape index (κ2) is 5.31. The molecule has 1 saturated heterocycles. The molecule has 0 aromatic carbocycles. The molecule has 1 aromatic rings. The van der Waals surface area contributed by atoms with Crippen LogP contribution in [0, 0.1) is 5.92 Å². The molecule has 2 rings (SSSR count). The molecule has 0 bridgehead atoms. The Morgan fingerprint density at radius 3 is 2.76 bits per heavy atom. The molecule has 2 atom stereocenters. The van der Waals surface area contributed by atoms with Gasteiger partial charge >= 0.3 is 0 Å². The number of hydrogen-bond donors (Lipinski definition) is 1. The molecule has 0 spiro atoms. The van der Waals surface area contributed by atoms with Crippen molar-refractivity contribution in [3.05, 3.63) is 5.01 Å². The Morgan fingerprint density at radius 1 is 1.41 bits per heavy atom. The van der Waals surface area contributed by atoms with Gasteiger partial charge in [0.1, 0.15) is 5.01 Å². The van der Waals surface area contributed by atoms with E-state index in [0.717, 1.165) is 23.2 Å². The van der Waals surface area contributed by atoms with Crippen LogP contribution in [0.2, 0.25) is 0 Å². The Hall–Kier alpha value is -0.680. The van der Waals surface area contributed by atoms with E-state index < -0.39 is 0 Å². The van der Waals surface area contributed by atoms with E-state index in [2.05, 4.69) is 35.9 Å². The lowest BCUT2D eigenvalue weighted by atomic mass is 9.99. The Labute approximate surface area is 107 Å². The van der Waals surface area contributed by atoms with Gasteiger partial charge in [-0.2, -0.15) is 0 Å². The van der Waals surface area contributed by atoms with Crippen LogP contribution in [0.25, 0.3) is 0 Å². The van der Waals surface area contributed by atoms with Gasteiger partial charge in [-0.15, -0.1) is 10.2 Å². The normalized spacial score (nSPS) is 24.9. The predicted octanol–water partition coefficient (Wildman–Crippen LogP) is 2.23. The highest BCUT2D eigenvalue weighted by Crippen LogP contribution is 2.30. The van der Waals surface area contributed by atoms with Gasteiger partial charge in [-0.25, -0.2) is 0 Å². The van der Waals surface area contributed by atoms with E-state index in [1.807, 2.05) is 0 Å². The van der Waals surface area contributed by atoms with Crippen molar-refractivity contribution in [2.45, 2.75) is 45.6 Å². The fraction of sp³-hybridized carbons (Fsp3) is 0.833. The zero-order valence-corrected chi connectivity index (χ0v) is 11.7.